The third-order valence-corrected chi connectivity index (χ3v) is 4.73. The predicted molar refractivity (Wildman–Crippen MR) is 96.4 cm³/mol. The van der Waals surface area contributed by atoms with Crippen molar-refractivity contribution in [3.63, 3.8) is 0 Å². The van der Waals surface area contributed by atoms with Gasteiger partial charge in [0.1, 0.15) is 11.5 Å². The number of aryl methyl sites for hydroxylation is 1. The molecular formula is C19H15F4N2O2S-. The summed E-state index contributed by atoms with van der Waals surface area (Å²) in [5.74, 6) is -0.751. The second-order valence-corrected chi connectivity index (χ2v) is 6.93. The molecule has 9 heteroatoms. The van der Waals surface area contributed by atoms with Crippen molar-refractivity contribution in [2.75, 3.05) is 0 Å². The van der Waals surface area contributed by atoms with E-state index in [2.05, 4.69) is 5.10 Å². The van der Waals surface area contributed by atoms with Crippen LogP contribution in [0.1, 0.15) is 18.2 Å². The van der Waals surface area contributed by atoms with E-state index >= 15 is 0 Å². The van der Waals surface area contributed by atoms with E-state index in [9.17, 15) is 26.3 Å². The predicted octanol–water partition coefficient (Wildman–Crippen LogP) is 4.77. The minimum atomic E-state index is -4.66. The summed E-state index contributed by atoms with van der Waals surface area (Å²) < 4.78 is 77.2. The summed E-state index contributed by atoms with van der Waals surface area (Å²) in [6.07, 6.45) is -4.66. The second-order valence-electron chi connectivity index (χ2n) is 6.04. The number of hydrogen-bond acceptors (Lipinski definition) is 3. The molecule has 0 bridgehead atoms. The number of hydrogen-bond donors (Lipinski definition) is 0. The van der Waals surface area contributed by atoms with Crippen molar-refractivity contribution in [1.82, 2.24) is 9.78 Å². The molecule has 2 aromatic carbocycles. The van der Waals surface area contributed by atoms with Gasteiger partial charge in [0.05, 0.1) is 0 Å². The van der Waals surface area contributed by atoms with E-state index in [0.29, 0.717) is 11.1 Å². The van der Waals surface area contributed by atoms with Crippen LogP contribution in [0.3, 0.4) is 0 Å². The molecular weight excluding hydrogens is 396 g/mol. The lowest BCUT2D eigenvalue weighted by molar-refractivity contribution is -0.143. The molecule has 0 radical (unpaired) electrons. The molecule has 3 rings (SSSR count). The molecule has 28 heavy (non-hydrogen) atoms. The smallest absolute Gasteiger partial charge is 0.433 e. The molecule has 0 fully saturated rings. The highest BCUT2D eigenvalue weighted by molar-refractivity contribution is 7.78. The summed E-state index contributed by atoms with van der Waals surface area (Å²) in [4.78, 5) is 0. The van der Waals surface area contributed by atoms with Gasteiger partial charge in [0, 0.05) is 23.4 Å². The molecule has 0 aliphatic carbocycles. The van der Waals surface area contributed by atoms with E-state index in [-0.39, 0.29) is 29.1 Å². The highest BCUT2D eigenvalue weighted by Crippen LogP contribution is 2.42. The van der Waals surface area contributed by atoms with Crippen molar-refractivity contribution in [2.24, 2.45) is 0 Å². The molecule has 1 aromatic heterocycles. The Labute approximate surface area is 161 Å². The molecule has 0 aliphatic rings. The largest absolute Gasteiger partial charge is 0.772 e. The summed E-state index contributed by atoms with van der Waals surface area (Å²) >= 11 is -2.27. The molecule has 0 amide bonds. The highest BCUT2D eigenvalue weighted by atomic mass is 32.2. The first kappa shape index (κ1) is 20.2. The SMILES string of the molecule is CCn1nc(-c2ccc(CS(=O)[O-])cc2)c(-c2ccc(F)cc2)c1C(F)(F)F. The Balaban J connectivity index is 2.21. The normalized spacial score (nSPS) is 12.9. The minimum absolute atomic E-state index is 0.00369. The Morgan fingerprint density at radius 2 is 1.61 bits per heavy atom. The van der Waals surface area contributed by atoms with Gasteiger partial charge in [-0.05, 0) is 30.2 Å². The van der Waals surface area contributed by atoms with Crippen LogP contribution in [0.2, 0.25) is 0 Å². The molecule has 148 valence electrons. The molecule has 1 unspecified atom stereocenters. The summed E-state index contributed by atoms with van der Waals surface area (Å²) in [6, 6.07) is 10.8. The lowest BCUT2D eigenvalue weighted by atomic mass is 9.98. The minimum Gasteiger partial charge on any atom is -0.772 e. The van der Waals surface area contributed by atoms with E-state index < -0.39 is 28.8 Å². The summed E-state index contributed by atoms with van der Waals surface area (Å²) in [7, 11) is 0. The molecule has 3 aromatic rings. The van der Waals surface area contributed by atoms with Gasteiger partial charge in [-0.2, -0.15) is 18.3 Å². The van der Waals surface area contributed by atoms with Crippen LogP contribution in [-0.2, 0) is 29.6 Å². The third kappa shape index (κ3) is 4.15. The standard InChI is InChI=1S/C19H16F4N2O2S/c1-2-25-18(19(21,22)23)16(13-7-9-15(20)10-8-13)17(24-25)14-5-3-12(4-6-14)11-28(26)27/h3-10H,2,11H2,1H3,(H,26,27)/p-1. The molecule has 4 nitrogen and oxygen atoms in total. The fourth-order valence-corrected chi connectivity index (χ4v) is 3.43. The maximum atomic E-state index is 13.8. The van der Waals surface area contributed by atoms with Crippen molar-refractivity contribution in [3.8, 4) is 22.4 Å². The first-order chi connectivity index (χ1) is 13.2. The number of alkyl halides is 3. The lowest BCUT2D eigenvalue weighted by Gasteiger charge is -2.12. The van der Waals surface area contributed by atoms with Crippen molar-refractivity contribution in [1.29, 1.82) is 0 Å². The Hall–Kier alpha value is -2.52. The monoisotopic (exact) mass is 411 g/mol. The van der Waals surface area contributed by atoms with E-state index in [0.717, 1.165) is 16.8 Å². The molecule has 1 heterocycles. The highest BCUT2D eigenvalue weighted by Gasteiger charge is 2.40. The summed E-state index contributed by atoms with van der Waals surface area (Å²) in [6.45, 7) is 1.55. The van der Waals surface area contributed by atoms with Crippen LogP contribution in [-0.4, -0.2) is 18.5 Å². The van der Waals surface area contributed by atoms with Crippen LogP contribution in [0.25, 0.3) is 22.4 Å². The van der Waals surface area contributed by atoms with Crippen LogP contribution in [0.4, 0.5) is 17.6 Å². The average molecular weight is 411 g/mol. The van der Waals surface area contributed by atoms with Gasteiger partial charge in [0.2, 0.25) is 0 Å². The van der Waals surface area contributed by atoms with E-state index in [1.54, 1.807) is 6.92 Å². The van der Waals surface area contributed by atoms with Crippen molar-refractivity contribution in [2.45, 2.75) is 25.4 Å². The van der Waals surface area contributed by atoms with Crippen LogP contribution >= 0.6 is 0 Å². The van der Waals surface area contributed by atoms with Crippen LogP contribution in [0.15, 0.2) is 48.5 Å². The Bertz CT molecular complexity index is 997. The summed E-state index contributed by atoms with van der Waals surface area (Å²) in [5, 5.41) is 4.14. The van der Waals surface area contributed by atoms with Gasteiger partial charge in [0.25, 0.3) is 0 Å². The number of halogens is 4. The third-order valence-electron chi connectivity index (χ3n) is 4.17. The number of aromatic nitrogens is 2. The quantitative estimate of drug-likeness (QED) is 0.449. The van der Waals surface area contributed by atoms with Gasteiger partial charge < -0.3 is 4.55 Å². The van der Waals surface area contributed by atoms with Crippen molar-refractivity contribution >= 4 is 11.1 Å². The zero-order chi connectivity index (χ0) is 20.5. The topological polar surface area (TPSA) is 58.0 Å². The summed E-state index contributed by atoms with van der Waals surface area (Å²) in [5.41, 5.74) is 0.128. The van der Waals surface area contributed by atoms with Gasteiger partial charge in [-0.25, -0.2) is 4.39 Å². The second kappa shape index (κ2) is 7.84. The maximum absolute atomic E-state index is 13.8. The number of nitrogens with zero attached hydrogens (tertiary/aromatic N) is 2. The molecule has 0 N–H and O–H groups in total. The van der Waals surface area contributed by atoms with Gasteiger partial charge in [-0.1, -0.05) is 47.5 Å². The van der Waals surface area contributed by atoms with E-state index in [4.69, 9.17) is 0 Å². The Morgan fingerprint density at radius 3 is 2.11 bits per heavy atom. The van der Waals surface area contributed by atoms with Crippen molar-refractivity contribution < 1.29 is 26.3 Å². The average Bonchev–Trinajstić information content (AvgIpc) is 3.02. The van der Waals surface area contributed by atoms with Crippen molar-refractivity contribution in [3.05, 3.63) is 65.6 Å². The van der Waals surface area contributed by atoms with Gasteiger partial charge in [0.15, 0.2) is 5.69 Å². The fraction of sp³-hybridized carbons (Fsp3) is 0.211. The zero-order valence-electron chi connectivity index (χ0n) is 14.7. The zero-order valence-corrected chi connectivity index (χ0v) is 15.5. The first-order valence-corrected chi connectivity index (χ1v) is 9.54. The maximum Gasteiger partial charge on any atom is 0.433 e. The fourth-order valence-electron chi connectivity index (χ4n) is 2.97. The van der Waals surface area contributed by atoms with Gasteiger partial charge in [-0.3, -0.25) is 8.89 Å². The first-order valence-electron chi connectivity index (χ1n) is 8.29. The van der Waals surface area contributed by atoms with Gasteiger partial charge >= 0.3 is 6.18 Å². The molecule has 0 spiro atoms. The van der Waals surface area contributed by atoms with Crippen LogP contribution in [0.5, 0.6) is 0 Å². The lowest BCUT2D eigenvalue weighted by Crippen LogP contribution is -2.14. The van der Waals surface area contributed by atoms with E-state index in [1.165, 1.54) is 36.4 Å². The Kier molecular flexibility index (Phi) is 5.66. The Morgan fingerprint density at radius 1 is 1.04 bits per heavy atom. The molecule has 0 aliphatic heterocycles. The molecule has 1 atom stereocenters. The number of benzene rings is 2. The van der Waals surface area contributed by atoms with Crippen LogP contribution < -0.4 is 0 Å². The molecule has 0 saturated heterocycles. The van der Waals surface area contributed by atoms with E-state index in [1.807, 2.05) is 0 Å². The molecule has 0 saturated carbocycles. The number of rotatable bonds is 5. The van der Waals surface area contributed by atoms with Gasteiger partial charge in [-0.15, -0.1) is 0 Å². The van der Waals surface area contributed by atoms with Crippen LogP contribution in [0, 0.1) is 5.82 Å².